The second-order valence-corrected chi connectivity index (χ2v) is 8.89. The van der Waals surface area contributed by atoms with Crippen LogP contribution in [0.1, 0.15) is 31.2 Å². The van der Waals surface area contributed by atoms with Crippen molar-refractivity contribution in [3.8, 4) is 0 Å². The van der Waals surface area contributed by atoms with Gasteiger partial charge in [0.25, 0.3) is 0 Å². The Balaban J connectivity index is 1.61. The van der Waals surface area contributed by atoms with E-state index in [1.807, 2.05) is 11.8 Å². The van der Waals surface area contributed by atoms with E-state index in [4.69, 9.17) is 0 Å². The van der Waals surface area contributed by atoms with Crippen LogP contribution < -0.4 is 0 Å². The van der Waals surface area contributed by atoms with Gasteiger partial charge in [0.1, 0.15) is 0 Å². The number of benzene rings is 1. The van der Waals surface area contributed by atoms with E-state index in [-0.39, 0.29) is 0 Å². The molecule has 0 N–H and O–H groups in total. The van der Waals surface area contributed by atoms with Crippen molar-refractivity contribution >= 4 is 32.5 Å². The molecule has 1 fully saturated rings. The van der Waals surface area contributed by atoms with Crippen LogP contribution in [0.15, 0.2) is 30.3 Å². The molecule has 1 nitrogen and oxygen atoms in total. The molecule has 3 heteroatoms. The van der Waals surface area contributed by atoms with Crippen LogP contribution >= 0.6 is 11.8 Å². The van der Waals surface area contributed by atoms with Crippen LogP contribution in [-0.4, -0.2) is 25.4 Å². The third-order valence-electron chi connectivity index (χ3n) is 2.94. The molecule has 1 atom stereocenters. The molecule has 0 bridgehead atoms. The van der Waals surface area contributed by atoms with Crippen molar-refractivity contribution in [2.45, 2.75) is 36.3 Å². The van der Waals surface area contributed by atoms with Crippen LogP contribution in [0.3, 0.4) is 0 Å². The Morgan fingerprint density at radius 2 is 2.12 bits per heavy atom. The molecular formula is C14H18OSSe. The first-order valence-electron chi connectivity index (χ1n) is 6.09. The first kappa shape index (κ1) is 13.2. The van der Waals surface area contributed by atoms with Gasteiger partial charge < -0.3 is 0 Å². The van der Waals surface area contributed by atoms with Crippen LogP contribution in [0.5, 0.6) is 0 Å². The maximum atomic E-state index is 11.3. The van der Waals surface area contributed by atoms with Gasteiger partial charge in [-0.2, -0.15) is 0 Å². The molecule has 0 aromatic heterocycles. The Morgan fingerprint density at radius 1 is 1.29 bits per heavy atom. The summed E-state index contributed by atoms with van der Waals surface area (Å²) in [7, 11) is 0. The first-order valence-corrected chi connectivity index (χ1v) is 9.45. The van der Waals surface area contributed by atoms with Crippen LogP contribution in [0, 0.1) is 0 Å². The molecule has 0 spiro atoms. The molecule has 1 unspecified atom stereocenters. The zero-order valence-electron chi connectivity index (χ0n) is 9.93. The minimum atomic E-state index is 0.496. The number of carbonyl (C=O) groups excluding carboxylic acids is 1. The number of Topliss-reactive ketones (excluding diaryl/α,β-unsaturated/α-hetero) is 1. The molecule has 17 heavy (non-hydrogen) atoms. The average Bonchev–Trinajstić information content (AvgIpc) is 2.36. The Morgan fingerprint density at radius 3 is 2.88 bits per heavy atom. The van der Waals surface area contributed by atoms with Gasteiger partial charge >= 0.3 is 114 Å². The first-order chi connectivity index (χ1) is 8.34. The Labute approximate surface area is 114 Å². The summed E-state index contributed by atoms with van der Waals surface area (Å²) in [5, 5.41) is 0. The van der Waals surface area contributed by atoms with Gasteiger partial charge in [-0.3, -0.25) is 0 Å². The Hall–Kier alpha value is -0.241. The molecular weight excluding hydrogens is 295 g/mol. The molecule has 0 amide bonds. The minimum absolute atomic E-state index is 0.496. The molecule has 92 valence electrons. The molecule has 0 heterocycles. The van der Waals surface area contributed by atoms with Gasteiger partial charge in [0.2, 0.25) is 0 Å². The second-order valence-electron chi connectivity index (χ2n) is 4.38. The molecule has 0 aliphatic heterocycles. The van der Waals surface area contributed by atoms with Crippen molar-refractivity contribution in [2.24, 2.45) is 0 Å². The summed E-state index contributed by atoms with van der Waals surface area (Å²) in [6.45, 7) is 0. The number of hydrogen-bond acceptors (Lipinski definition) is 2. The van der Waals surface area contributed by atoms with Gasteiger partial charge in [-0.15, -0.1) is 0 Å². The van der Waals surface area contributed by atoms with Gasteiger partial charge in [0, 0.05) is 0 Å². The van der Waals surface area contributed by atoms with Crippen molar-refractivity contribution in [2.75, 3.05) is 4.65 Å². The van der Waals surface area contributed by atoms with Crippen LogP contribution in [0.25, 0.3) is 0 Å². The molecule has 2 rings (SSSR count). The number of hydrogen-bond donors (Lipinski definition) is 0. The number of rotatable bonds is 5. The van der Waals surface area contributed by atoms with Gasteiger partial charge in [-0.05, 0) is 0 Å². The average molecular weight is 313 g/mol. The van der Waals surface area contributed by atoms with Gasteiger partial charge in [-0.1, -0.05) is 0 Å². The van der Waals surface area contributed by atoms with Gasteiger partial charge in [0.05, 0.1) is 0 Å². The van der Waals surface area contributed by atoms with Gasteiger partial charge in [0.15, 0.2) is 0 Å². The van der Waals surface area contributed by atoms with Crippen molar-refractivity contribution in [1.29, 1.82) is 0 Å². The van der Waals surface area contributed by atoms with Crippen LogP contribution in [0.2, 0.25) is 4.82 Å². The predicted octanol–water partition coefficient (Wildman–Crippen LogP) is 3.51. The Bertz CT molecular complexity index is 352. The summed E-state index contributed by atoms with van der Waals surface area (Å²) in [5.74, 6) is 1.61. The number of carbonyl (C=O) groups is 1. The van der Waals surface area contributed by atoms with Crippen LogP contribution in [-0.2, 0) is 10.5 Å². The maximum absolute atomic E-state index is 11.3. The molecule has 1 aromatic carbocycles. The van der Waals surface area contributed by atoms with Crippen LogP contribution in [0.4, 0.5) is 0 Å². The molecule has 0 saturated heterocycles. The third kappa shape index (κ3) is 4.87. The SMILES string of the molecule is O=C1CCCC([Se]CSCc2ccccc2)C1. The second kappa shape index (κ2) is 7.25. The molecule has 1 aliphatic rings. The zero-order chi connectivity index (χ0) is 11.9. The summed E-state index contributed by atoms with van der Waals surface area (Å²) in [5.41, 5.74) is 1.41. The van der Waals surface area contributed by atoms with E-state index < -0.39 is 0 Å². The standard InChI is InChI=1S/C14H18OSSe/c15-13-7-4-8-14(9-13)17-11-16-10-12-5-2-1-3-6-12/h1-3,5-6,14H,4,7-11H2. The fourth-order valence-electron chi connectivity index (χ4n) is 2.01. The topological polar surface area (TPSA) is 17.1 Å². The van der Waals surface area contributed by atoms with Crippen molar-refractivity contribution < 1.29 is 4.79 Å². The van der Waals surface area contributed by atoms with Crippen molar-refractivity contribution in [3.63, 3.8) is 0 Å². The van der Waals surface area contributed by atoms with E-state index in [0.717, 1.165) is 29.8 Å². The number of ketones is 1. The van der Waals surface area contributed by atoms with Crippen molar-refractivity contribution in [3.05, 3.63) is 35.9 Å². The zero-order valence-corrected chi connectivity index (χ0v) is 12.5. The van der Waals surface area contributed by atoms with E-state index in [1.54, 1.807) is 0 Å². The third-order valence-corrected chi connectivity index (χ3v) is 7.51. The summed E-state index contributed by atoms with van der Waals surface area (Å²) in [6, 6.07) is 10.6. The summed E-state index contributed by atoms with van der Waals surface area (Å²) >= 11 is 2.67. The molecule has 1 aliphatic carbocycles. The summed E-state index contributed by atoms with van der Waals surface area (Å²) < 4.78 is 1.25. The fraction of sp³-hybridized carbons (Fsp3) is 0.500. The summed E-state index contributed by atoms with van der Waals surface area (Å²) in [6.07, 6.45) is 4.13. The molecule has 1 aromatic rings. The fourth-order valence-corrected chi connectivity index (χ4v) is 6.48. The predicted molar refractivity (Wildman–Crippen MR) is 75.6 cm³/mol. The number of thioether (sulfide) groups is 1. The van der Waals surface area contributed by atoms with E-state index in [9.17, 15) is 4.79 Å². The van der Waals surface area contributed by atoms with E-state index in [2.05, 4.69) is 30.3 Å². The monoisotopic (exact) mass is 314 g/mol. The normalized spacial score (nSPS) is 20.5. The Kier molecular flexibility index (Phi) is 5.63. The quantitative estimate of drug-likeness (QED) is 0.611. The summed E-state index contributed by atoms with van der Waals surface area (Å²) in [4.78, 5) is 12.1. The van der Waals surface area contributed by atoms with Gasteiger partial charge in [-0.25, -0.2) is 0 Å². The van der Waals surface area contributed by atoms with E-state index >= 15 is 0 Å². The molecule has 0 radical (unpaired) electrons. The van der Waals surface area contributed by atoms with E-state index in [0.29, 0.717) is 20.7 Å². The molecule has 1 saturated carbocycles. The van der Waals surface area contributed by atoms with Crippen molar-refractivity contribution in [1.82, 2.24) is 0 Å². The van der Waals surface area contributed by atoms with E-state index in [1.165, 1.54) is 16.6 Å².